The first-order valence-corrected chi connectivity index (χ1v) is 46.1. The van der Waals surface area contributed by atoms with E-state index in [1.165, 1.54) is 31.2 Å². The van der Waals surface area contributed by atoms with Crippen LogP contribution in [0.1, 0.15) is 188 Å². The maximum atomic E-state index is 14.0. The van der Waals surface area contributed by atoms with Gasteiger partial charge in [-0.2, -0.15) is 4.31 Å². The van der Waals surface area contributed by atoms with Crippen molar-refractivity contribution in [1.29, 1.82) is 0 Å². The van der Waals surface area contributed by atoms with Crippen molar-refractivity contribution in [2.24, 2.45) is 5.92 Å². The third-order valence-electron chi connectivity index (χ3n) is 21.7. The summed E-state index contributed by atoms with van der Waals surface area (Å²) >= 11 is 0. The molecular formula is C95H95F10N9O14S3. The number of nitrogens with zero attached hydrogens (tertiary/aromatic N) is 3. The fraction of sp³-hybridized carbons (Fsp3) is 0.274. The van der Waals surface area contributed by atoms with Gasteiger partial charge in [-0.1, -0.05) is 81.5 Å². The number of hydrogen-bond donors (Lipinski definition) is 7. The number of allylic oxidation sites excluding steroid dienone is 1. The second-order valence-corrected chi connectivity index (χ2v) is 36.8. The van der Waals surface area contributed by atoms with Crippen molar-refractivity contribution >= 4 is 100 Å². The molecule has 0 radical (unpaired) electrons. The highest BCUT2D eigenvalue weighted by molar-refractivity contribution is 7.90. The highest BCUT2D eigenvalue weighted by Crippen LogP contribution is 2.35. The number of rotatable bonds is 22. The lowest BCUT2D eigenvalue weighted by molar-refractivity contribution is 0.0545. The average Bonchev–Trinajstić information content (AvgIpc) is 1.73. The van der Waals surface area contributed by atoms with Crippen molar-refractivity contribution in [3.8, 4) is 0 Å². The Bertz CT molecular complexity index is 6100. The number of carbonyl (C=O) groups excluding carboxylic acids is 7. The van der Waals surface area contributed by atoms with E-state index in [1.54, 1.807) is 90.3 Å². The molecule has 1 aliphatic carbocycles. The van der Waals surface area contributed by atoms with Crippen molar-refractivity contribution in [3.05, 3.63) is 320 Å². The highest BCUT2D eigenvalue weighted by Gasteiger charge is 2.33. The van der Waals surface area contributed by atoms with Crippen LogP contribution in [0.3, 0.4) is 0 Å². The van der Waals surface area contributed by atoms with Crippen LogP contribution < -0.4 is 30.7 Å². The normalized spacial score (nSPS) is 15.0. The van der Waals surface area contributed by atoms with Gasteiger partial charge < -0.3 is 36.2 Å². The molecule has 23 nitrogen and oxygen atoms in total. The van der Waals surface area contributed by atoms with Gasteiger partial charge in [-0.25, -0.2) is 78.6 Å². The van der Waals surface area contributed by atoms with Crippen molar-refractivity contribution in [1.82, 2.24) is 23.5 Å². The quantitative estimate of drug-likeness (QED) is 0.0245. The number of aliphatic hydroxyl groups is 1. The van der Waals surface area contributed by atoms with Gasteiger partial charge >= 0.3 is 0 Å². The van der Waals surface area contributed by atoms with Gasteiger partial charge in [-0.15, -0.1) is 0 Å². The van der Waals surface area contributed by atoms with Crippen molar-refractivity contribution in [2.75, 3.05) is 60.5 Å². The number of carbonyl (C=O) groups is 7. The number of halogens is 10. The molecule has 3 heterocycles. The van der Waals surface area contributed by atoms with E-state index < -0.39 is 123 Å². The molecule has 10 aromatic carbocycles. The molecule has 0 saturated carbocycles. The average molecular weight is 1870 g/mol. The summed E-state index contributed by atoms with van der Waals surface area (Å²) in [6.07, 6.45) is 10.4. The van der Waals surface area contributed by atoms with E-state index in [1.807, 2.05) is 36.4 Å². The van der Waals surface area contributed by atoms with E-state index in [-0.39, 0.29) is 95.8 Å². The van der Waals surface area contributed by atoms with Gasteiger partial charge in [0.05, 0.1) is 37.8 Å². The molecule has 7 N–H and O–H groups in total. The van der Waals surface area contributed by atoms with Gasteiger partial charge in [-0.3, -0.25) is 33.6 Å². The first-order valence-electron chi connectivity index (χ1n) is 41.7. The number of hydrogen-bond acceptors (Lipinski definition) is 14. The third kappa shape index (κ3) is 27.3. The molecule has 36 heteroatoms. The van der Waals surface area contributed by atoms with Crippen molar-refractivity contribution in [3.63, 3.8) is 0 Å². The fourth-order valence-electron chi connectivity index (χ4n) is 13.8. The van der Waals surface area contributed by atoms with Crippen LogP contribution in [0.15, 0.2) is 221 Å². The van der Waals surface area contributed by atoms with Crippen LogP contribution in [-0.2, 0) is 30.1 Å². The Balaban J connectivity index is 0.000000170. The number of fused-ring (bicyclic) bond motifs is 1. The number of ketones is 1. The number of anilines is 4. The molecule has 0 bridgehead atoms. The molecule has 1 unspecified atom stereocenters. The summed E-state index contributed by atoms with van der Waals surface area (Å²) in [5, 5.41) is 18.8. The Morgan fingerprint density at radius 2 is 0.824 bits per heavy atom. The number of sulfonamides is 3. The maximum Gasteiger partial charge on any atom is 0.258 e. The van der Waals surface area contributed by atoms with Crippen LogP contribution in [-0.4, -0.2) is 143 Å². The fourth-order valence-corrected chi connectivity index (χ4v) is 18.0. The molecule has 10 aromatic rings. The summed E-state index contributed by atoms with van der Waals surface area (Å²) in [6, 6.07) is 41.8. The molecule has 0 spiro atoms. The summed E-state index contributed by atoms with van der Waals surface area (Å²) in [4.78, 5) is 90.3. The Morgan fingerprint density at radius 3 is 1.30 bits per heavy atom. The molecule has 3 atom stereocenters. The molecule has 14 rings (SSSR count). The number of amides is 6. The van der Waals surface area contributed by atoms with Gasteiger partial charge in [0.25, 0.3) is 35.4 Å². The molecule has 131 heavy (non-hydrogen) atoms. The molecule has 3 saturated heterocycles. The van der Waals surface area contributed by atoms with Gasteiger partial charge in [-0.05, 0) is 229 Å². The molecule has 0 aromatic heterocycles. The highest BCUT2D eigenvalue weighted by atomic mass is 32.2. The first kappa shape index (κ1) is 101. The number of benzene rings is 10. The minimum Gasteiger partial charge on any atom is -0.393 e. The topological polar surface area (TPSA) is 324 Å². The van der Waals surface area contributed by atoms with Gasteiger partial charge in [0.15, 0.2) is 29.1 Å². The molecule has 3 aliphatic heterocycles. The van der Waals surface area contributed by atoms with E-state index in [0.29, 0.717) is 74.5 Å². The number of Topliss-reactive ketones (excluding diaryl/α,β-unsaturated/α-hetero) is 1. The van der Waals surface area contributed by atoms with Crippen LogP contribution >= 0.6 is 0 Å². The molecule has 6 amide bonds. The van der Waals surface area contributed by atoms with Gasteiger partial charge in [0.2, 0.25) is 30.1 Å². The third-order valence-corrected chi connectivity index (χ3v) is 26.7. The minimum absolute atomic E-state index is 0.00217. The van der Waals surface area contributed by atoms with E-state index >= 15 is 0 Å². The summed E-state index contributed by atoms with van der Waals surface area (Å²) in [6.45, 7) is 13.8. The maximum absolute atomic E-state index is 14.0. The monoisotopic (exact) mass is 1870 g/mol. The van der Waals surface area contributed by atoms with Gasteiger partial charge in [0, 0.05) is 126 Å². The van der Waals surface area contributed by atoms with Gasteiger partial charge in [0.1, 0.15) is 34.9 Å². The van der Waals surface area contributed by atoms with E-state index in [2.05, 4.69) is 37.6 Å². The lowest BCUT2D eigenvalue weighted by atomic mass is 9.92. The van der Waals surface area contributed by atoms with Crippen molar-refractivity contribution < 1.29 is 108 Å². The predicted octanol–water partition coefficient (Wildman–Crippen LogP) is 17.9. The van der Waals surface area contributed by atoms with E-state index in [9.17, 15) is 108 Å². The standard InChI is InChI=1S/C22H23NO3S.C20H20F2N2O3.C19H18F2N2O2.2C17H17F3N2O3S/c1-16-11-13-23(14-12-16)27(25,26)19-7-4-6-18(15-19)22(24)21-10-9-17-5-2-3-8-20(17)21;1-12-17(21)10-15(11-18(12)22)23-19(26)13-3-2-4-14(9-13)20(27)24-7-5-16(25)6-8-24;20-15-10-16(21)12-17(11-15)22-18(24)13-5-4-6-14(9-13)19(25)23-7-2-1-3-8-23;2*1-3-10(2)22-26(24,25)12-5-7-14(18)13(9-12)17(23)21-11-4-6-15(19)16(20)8-11/h2-10,15-16,21H,11-14H2,1H3;2-4,9-11,16,25H,5-8H2,1H3,(H,23,26);4-6,9-12H,1-3,7-8H2,(H,22,24);2*4-10,22H,3H2,1-2H3,(H,21,23)/t;;;2*10-/m...10/s1. The smallest absolute Gasteiger partial charge is 0.258 e. The van der Waals surface area contributed by atoms with E-state index in [0.717, 1.165) is 159 Å². The largest absolute Gasteiger partial charge is 0.393 e. The second kappa shape index (κ2) is 45.3. The molecule has 4 aliphatic rings. The Morgan fingerprint density at radius 1 is 0.405 bits per heavy atom. The van der Waals surface area contributed by atoms with Crippen LogP contribution in [0.5, 0.6) is 0 Å². The number of aliphatic hydroxyl groups excluding tert-OH is 1. The van der Waals surface area contributed by atoms with Crippen LogP contribution in [0.2, 0.25) is 0 Å². The SMILES string of the molecule is CC1CCN(S(=O)(=O)c2cccc(C(=O)C3C=Cc4ccccc43)c2)CC1.CC[C@@H](C)NS(=O)(=O)c1ccc(F)c(C(=O)Nc2ccc(F)c(F)c2)c1.CC[C@H](C)NS(=O)(=O)c1ccc(F)c(C(=O)Nc2ccc(F)c(F)c2)c1.Cc1c(F)cc(NC(=O)c2cccc(C(=O)N3CCC(O)CC3)c2)cc1F.O=C(Nc1cc(F)cc(F)c1)c1cccc(C(=O)N2CCCCC2)c1. The number of likely N-dealkylation sites (tertiary alicyclic amines) is 2. The van der Waals surface area contributed by atoms with Crippen molar-refractivity contribution in [2.45, 2.75) is 138 Å². The summed E-state index contributed by atoms with van der Waals surface area (Å²) < 4.78 is 215. The molecule has 692 valence electrons. The Labute approximate surface area is 751 Å². The predicted molar refractivity (Wildman–Crippen MR) is 475 cm³/mol. The van der Waals surface area contributed by atoms with Crippen LogP contribution in [0.4, 0.5) is 66.7 Å². The Hall–Kier alpha value is -12.6. The van der Waals surface area contributed by atoms with Crippen LogP contribution in [0, 0.1) is 71.0 Å². The lowest BCUT2D eigenvalue weighted by Crippen LogP contribution is -2.40. The summed E-state index contributed by atoms with van der Waals surface area (Å²) in [5.41, 5.74) is 2.33. The molecule has 3 fully saturated rings. The number of nitrogens with one attached hydrogen (secondary N) is 6. The number of piperidine rings is 3. The first-order chi connectivity index (χ1) is 62.1. The zero-order valence-electron chi connectivity index (χ0n) is 71.8. The molecular weight excluding hydrogens is 1780 g/mol. The zero-order valence-corrected chi connectivity index (χ0v) is 74.3. The van der Waals surface area contributed by atoms with Crippen LogP contribution in [0.25, 0.3) is 6.08 Å². The van der Waals surface area contributed by atoms with E-state index in [4.69, 9.17) is 0 Å². The second-order valence-electron chi connectivity index (χ2n) is 31.4. The summed E-state index contributed by atoms with van der Waals surface area (Å²) in [5.74, 6) is -12.8. The minimum atomic E-state index is -3.94. The Kier molecular flexibility index (Phi) is 34.8. The zero-order chi connectivity index (χ0) is 95.3. The summed E-state index contributed by atoms with van der Waals surface area (Å²) in [7, 11) is -11.4. The lowest BCUT2D eigenvalue weighted by Gasteiger charge is -2.29.